The van der Waals surface area contributed by atoms with E-state index in [0.717, 1.165) is 25.7 Å². The van der Waals surface area contributed by atoms with E-state index in [2.05, 4.69) is 0 Å². The summed E-state index contributed by atoms with van der Waals surface area (Å²) in [7, 11) is 0. The molecule has 0 aromatic heterocycles. The van der Waals surface area contributed by atoms with Crippen molar-refractivity contribution >= 4 is 44.8 Å². The quantitative estimate of drug-likeness (QED) is 0.616. The lowest BCUT2D eigenvalue weighted by atomic mass is 9.85. The maximum Gasteiger partial charge on any atom is 0.410 e. The SMILES string of the molecule is C.O=C1CO[C@@H]2CCN(C(=O)[C@H](CC3CCCCC3)OC(=O)N3CCOCC3)[C@H]12.S.S. The number of carbonyl (C=O) groups is 3. The van der Waals surface area contributed by atoms with Crippen LogP contribution in [0.3, 0.4) is 0 Å². The van der Waals surface area contributed by atoms with E-state index in [9.17, 15) is 14.4 Å². The van der Waals surface area contributed by atoms with Gasteiger partial charge in [-0.3, -0.25) is 9.59 Å². The molecule has 3 atom stereocenters. The molecule has 31 heavy (non-hydrogen) atoms. The molecule has 0 radical (unpaired) electrons. The third-order valence-electron chi connectivity index (χ3n) is 6.46. The normalized spacial score (nSPS) is 26.8. The van der Waals surface area contributed by atoms with Crippen molar-refractivity contribution in [3.8, 4) is 0 Å². The summed E-state index contributed by atoms with van der Waals surface area (Å²) in [5.41, 5.74) is 0. The first-order valence-corrected chi connectivity index (χ1v) is 10.6. The molecule has 8 nitrogen and oxygen atoms in total. The molecule has 0 unspecified atom stereocenters. The molecular formula is C21H38N2O6S2. The zero-order valence-corrected chi connectivity index (χ0v) is 19.3. The minimum atomic E-state index is -0.828. The van der Waals surface area contributed by atoms with Crippen LogP contribution in [0.25, 0.3) is 0 Å². The van der Waals surface area contributed by atoms with Gasteiger partial charge in [0.15, 0.2) is 11.9 Å². The standard InChI is InChI=1S/C20H30N2O6.CH4.2H2S/c23-15-13-27-16-6-7-22(18(15)16)19(24)17(12-14-4-2-1-3-5-14)28-20(25)21-8-10-26-11-9-21;;;/h14,16-18H,1-13H2;1H4;2*1H2/t16-,17+,18-;;;/m1.../s1. The summed E-state index contributed by atoms with van der Waals surface area (Å²) in [5.74, 6) is 0.0967. The predicted molar refractivity (Wildman–Crippen MR) is 126 cm³/mol. The number of likely N-dealkylation sites (tertiary alicyclic amines) is 1. The Balaban J connectivity index is 0.00000160. The van der Waals surface area contributed by atoms with Crippen LogP contribution in [-0.4, -0.2) is 85.3 Å². The third kappa shape index (κ3) is 6.52. The van der Waals surface area contributed by atoms with Gasteiger partial charge >= 0.3 is 6.09 Å². The highest BCUT2D eigenvalue weighted by Gasteiger charge is 2.48. The fourth-order valence-corrected chi connectivity index (χ4v) is 4.89. The number of hydrogen-bond donors (Lipinski definition) is 0. The zero-order valence-electron chi connectivity index (χ0n) is 17.3. The van der Waals surface area contributed by atoms with Crippen LogP contribution in [0.1, 0.15) is 52.4 Å². The van der Waals surface area contributed by atoms with E-state index < -0.39 is 18.2 Å². The summed E-state index contributed by atoms with van der Waals surface area (Å²) >= 11 is 0. The van der Waals surface area contributed by atoms with Gasteiger partial charge in [-0.1, -0.05) is 39.5 Å². The number of fused-ring (bicyclic) bond motifs is 1. The molecule has 0 aromatic carbocycles. The number of rotatable bonds is 4. The van der Waals surface area contributed by atoms with Gasteiger partial charge in [0.2, 0.25) is 0 Å². The number of Topliss-reactive ketones (excluding diaryl/α,β-unsaturated/α-hetero) is 1. The van der Waals surface area contributed by atoms with Gasteiger partial charge in [-0.15, -0.1) is 0 Å². The highest BCUT2D eigenvalue weighted by Crippen LogP contribution is 2.32. The Morgan fingerprint density at radius 3 is 2.39 bits per heavy atom. The average molecular weight is 479 g/mol. The molecule has 3 heterocycles. The second kappa shape index (κ2) is 12.9. The van der Waals surface area contributed by atoms with Gasteiger partial charge in [-0.05, 0) is 18.8 Å². The first kappa shape index (κ1) is 28.1. The van der Waals surface area contributed by atoms with Gasteiger partial charge in [0.05, 0.1) is 19.3 Å². The maximum atomic E-state index is 13.3. The fourth-order valence-electron chi connectivity index (χ4n) is 4.89. The Hall–Kier alpha value is -0.970. The van der Waals surface area contributed by atoms with Crippen LogP contribution in [0.15, 0.2) is 0 Å². The van der Waals surface area contributed by atoms with Crippen LogP contribution in [0.4, 0.5) is 4.79 Å². The van der Waals surface area contributed by atoms with Crippen LogP contribution < -0.4 is 0 Å². The topological polar surface area (TPSA) is 85.4 Å². The molecule has 1 aliphatic carbocycles. The lowest BCUT2D eigenvalue weighted by Gasteiger charge is -2.32. The van der Waals surface area contributed by atoms with E-state index in [4.69, 9.17) is 14.2 Å². The highest BCUT2D eigenvalue weighted by atomic mass is 32.1. The molecule has 0 spiro atoms. The summed E-state index contributed by atoms with van der Waals surface area (Å²) in [5, 5.41) is 0. The predicted octanol–water partition coefficient (Wildman–Crippen LogP) is 2.22. The van der Waals surface area contributed by atoms with E-state index in [1.54, 1.807) is 9.80 Å². The van der Waals surface area contributed by atoms with E-state index in [0.29, 0.717) is 51.6 Å². The van der Waals surface area contributed by atoms with Crippen molar-refractivity contribution in [3.05, 3.63) is 0 Å². The Morgan fingerprint density at radius 2 is 1.71 bits per heavy atom. The van der Waals surface area contributed by atoms with Crippen LogP contribution in [0.2, 0.25) is 0 Å². The maximum absolute atomic E-state index is 13.3. The Morgan fingerprint density at radius 1 is 1.03 bits per heavy atom. The molecule has 3 aliphatic heterocycles. The van der Waals surface area contributed by atoms with Crippen LogP contribution in [0, 0.1) is 5.92 Å². The summed E-state index contributed by atoms with van der Waals surface area (Å²) in [6.45, 7) is 2.47. The number of ketones is 1. The lowest BCUT2D eigenvalue weighted by Crippen LogP contribution is -2.50. The molecule has 4 aliphatic rings. The van der Waals surface area contributed by atoms with E-state index in [1.165, 1.54) is 6.42 Å². The first-order chi connectivity index (χ1) is 13.6. The van der Waals surface area contributed by atoms with Gasteiger partial charge in [0.25, 0.3) is 5.91 Å². The molecular weight excluding hydrogens is 440 g/mol. The molecule has 10 heteroatoms. The molecule has 1 saturated carbocycles. The summed E-state index contributed by atoms with van der Waals surface area (Å²) in [4.78, 5) is 41.4. The zero-order chi connectivity index (χ0) is 19.5. The smallest absolute Gasteiger partial charge is 0.410 e. The van der Waals surface area contributed by atoms with Gasteiger partial charge in [-0.25, -0.2) is 4.79 Å². The van der Waals surface area contributed by atoms with Gasteiger partial charge in [0, 0.05) is 19.6 Å². The summed E-state index contributed by atoms with van der Waals surface area (Å²) < 4.78 is 16.5. The average Bonchev–Trinajstić information content (AvgIpc) is 3.31. The molecule has 0 aromatic rings. The van der Waals surface area contributed by atoms with Crippen molar-refractivity contribution in [2.45, 2.75) is 70.6 Å². The van der Waals surface area contributed by atoms with Crippen LogP contribution in [0.5, 0.6) is 0 Å². The van der Waals surface area contributed by atoms with Gasteiger partial charge in [0.1, 0.15) is 12.6 Å². The minimum Gasteiger partial charge on any atom is -0.436 e. The van der Waals surface area contributed by atoms with Crippen molar-refractivity contribution in [1.29, 1.82) is 0 Å². The van der Waals surface area contributed by atoms with E-state index in [-0.39, 0.29) is 58.8 Å². The summed E-state index contributed by atoms with van der Waals surface area (Å²) in [6.07, 6.45) is 5.38. The Bertz CT molecular complexity index is 611. The second-order valence-electron chi connectivity index (χ2n) is 8.29. The molecule has 3 saturated heterocycles. The van der Waals surface area contributed by atoms with Crippen molar-refractivity contribution in [2.24, 2.45) is 5.92 Å². The third-order valence-corrected chi connectivity index (χ3v) is 6.46. The molecule has 2 amide bonds. The highest BCUT2D eigenvalue weighted by molar-refractivity contribution is 7.59. The molecule has 180 valence electrons. The van der Waals surface area contributed by atoms with Crippen molar-refractivity contribution < 1.29 is 28.6 Å². The van der Waals surface area contributed by atoms with E-state index in [1.807, 2.05) is 0 Å². The second-order valence-corrected chi connectivity index (χ2v) is 8.29. The first-order valence-electron chi connectivity index (χ1n) is 10.6. The van der Waals surface area contributed by atoms with Crippen LogP contribution >= 0.6 is 27.0 Å². The van der Waals surface area contributed by atoms with Crippen molar-refractivity contribution in [1.82, 2.24) is 9.80 Å². The molecule has 4 rings (SSSR count). The number of nitrogens with zero attached hydrogens (tertiary/aromatic N) is 2. The Labute approximate surface area is 199 Å². The van der Waals surface area contributed by atoms with Gasteiger partial charge < -0.3 is 24.0 Å². The van der Waals surface area contributed by atoms with Crippen molar-refractivity contribution in [3.63, 3.8) is 0 Å². The number of morpholine rings is 1. The van der Waals surface area contributed by atoms with E-state index >= 15 is 0 Å². The number of amides is 2. The molecule has 4 fully saturated rings. The molecule has 0 N–H and O–H groups in total. The number of ether oxygens (including phenoxy) is 3. The monoisotopic (exact) mass is 478 g/mol. The van der Waals surface area contributed by atoms with Gasteiger partial charge in [-0.2, -0.15) is 27.0 Å². The number of hydrogen-bond acceptors (Lipinski definition) is 6. The largest absolute Gasteiger partial charge is 0.436 e. The minimum absolute atomic E-state index is 0. The Kier molecular flexibility index (Phi) is 11.7. The fraction of sp³-hybridized carbons (Fsp3) is 0.857. The number of carbonyl (C=O) groups excluding carboxylic acids is 3. The lowest BCUT2D eigenvalue weighted by molar-refractivity contribution is -0.145. The molecule has 0 bridgehead atoms. The summed E-state index contributed by atoms with van der Waals surface area (Å²) in [6, 6.07) is -0.511. The van der Waals surface area contributed by atoms with Crippen LogP contribution in [-0.2, 0) is 23.8 Å². The van der Waals surface area contributed by atoms with Crippen molar-refractivity contribution in [2.75, 3.05) is 39.5 Å².